The monoisotopic (exact) mass is 297 g/mol. The SMILES string of the molecule is CC(C)(C)N1CCN(CCN(C(C)(C)C)C(C)(C)C)CC1. The first-order valence-electron chi connectivity index (χ1n) is 8.57. The highest BCUT2D eigenvalue weighted by Gasteiger charge is 2.32. The molecule has 0 aromatic rings. The van der Waals surface area contributed by atoms with Crippen LogP contribution < -0.4 is 0 Å². The fourth-order valence-corrected chi connectivity index (χ4v) is 3.56. The Kier molecular flexibility index (Phi) is 5.91. The summed E-state index contributed by atoms with van der Waals surface area (Å²) in [5, 5.41) is 0. The van der Waals surface area contributed by atoms with Crippen LogP contribution in [0.5, 0.6) is 0 Å². The molecule has 1 heterocycles. The summed E-state index contributed by atoms with van der Waals surface area (Å²) in [4.78, 5) is 7.87. The van der Waals surface area contributed by atoms with Gasteiger partial charge in [0.2, 0.25) is 0 Å². The molecule has 1 rings (SSSR count). The second kappa shape index (κ2) is 6.55. The van der Waals surface area contributed by atoms with Crippen LogP contribution in [-0.4, -0.2) is 70.6 Å². The lowest BCUT2D eigenvalue weighted by molar-refractivity contribution is 0.0137. The number of hydrogen-bond donors (Lipinski definition) is 0. The quantitative estimate of drug-likeness (QED) is 0.791. The van der Waals surface area contributed by atoms with Crippen molar-refractivity contribution in [1.82, 2.24) is 14.7 Å². The van der Waals surface area contributed by atoms with Crippen molar-refractivity contribution in [3.63, 3.8) is 0 Å². The third-order valence-electron chi connectivity index (χ3n) is 4.58. The van der Waals surface area contributed by atoms with E-state index in [-0.39, 0.29) is 11.1 Å². The van der Waals surface area contributed by atoms with Gasteiger partial charge in [0.05, 0.1) is 0 Å². The minimum Gasteiger partial charge on any atom is -0.300 e. The second-order valence-corrected chi connectivity index (χ2v) is 9.49. The Morgan fingerprint density at radius 1 is 0.714 bits per heavy atom. The molecule has 0 unspecified atom stereocenters. The highest BCUT2D eigenvalue weighted by atomic mass is 15.3. The zero-order valence-electron chi connectivity index (χ0n) is 16.1. The zero-order valence-corrected chi connectivity index (χ0v) is 16.1. The van der Waals surface area contributed by atoms with E-state index in [4.69, 9.17) is 0 Å². The van der Waals surface area contributed by atoms with Crippen molar-refractivity contribution in [3.8, 4) is 0 Å². The maximum absolute atomic E-state index is 2.64. The van der Waals surface area contributed by atoms with Crippen LogP contribution in [0, 0.1) is 0 Å². The molecule has 126 valence electrons. The average molecular weight is 298 g/mol. The fraction of sp³-hybridized carbons (Fsp3) is 1.00. The molecule has 1 aliphatic heterocycles. The first-order chi connectivity index (χ1) is 9.32. The summed E-state index contributed by atoms with van der Waals surface area (Å²) >= 11 is 0. The van der Waals surface area contributed by atoms with E-state index < -0.39 is 0 Å². The van der Waals surface area contributed by atoms with Gasteiger partial charge in [-0.05, 0) is 62.3 Å². The number of rotatable bonds is 3. The van der Waals surface area contributed by atoms with Crippen LogP contribution >= 0.6 is 0 Å². The Morgan fingerprint density at radius 2 is 1.14 bits per heavy atom. The van der Waals surface area contributed by atoms with Gasteiger partial charge in [-0.1, -0.05) is 0 Å². The maximum atomic E-state index is 2.64. The van der Waals surface area contributed by atoms with Crippen molar-refractivity contribution in [2.45, 2.75) is 78.9 Å². The molecule has 1 saturated heterocycles. The Labute approximate surface area is 133 Å². The van der Waals surface area contributed by atoms with E-state index in [9.17, 15) is 0 Å². The topological polar surface area (TPSA) is 9.72 Å². The molecule has 0 spiro atoms. The Morgan fingerprint density at radius 3 is 1.48 bits per heavy atom. The molecule has 0 aromatic carbocycles. The summed E-state index contributed by atoms with van der Waals surface area (Å²) < 4.78 is 0. The third-order valence-corrected chi connectivity index (χ3v) is 4.58. The largest absolute Gasteiger partial charge is 0.300 e. The Hall–Kier alpha value is -0.120. The summed E-state index contributed by atoms with van der Waals surface area (Å²) in [7, 11) is 0. The van der Waals surface area contributed by atoms with Gasteiger partial charge in [0.25, 0.3) is 0 Å². The molecule has 21 heavy (non-hydrogen) atoms. The van der Waals surface area contributed by atoms with Crippen LogP contribution in [0.3, 0.4) is 0 Å². The highest BCUT2D eigenvalue weighted by molar-refractivity contribution is 4.88. The van der Waals surface area contributed by atoms with E-state index in [0.717, 1.165) is 6.54 Å². The van der Waals surface area contributed by atoms with Crippen molar-refractivity contribution in [1.29, 1.82) is 0 Å². The van der Waals surface area contributed by atoms with Crippen molar-refractivity contribution >= 4 is 0 Å². The van der Waals surface area contributed by atoms with Gasteiger partial charge >= 0.3 is 0 Å². The van der Waals surface area contributed by atoms with Gasteiger partial charge in [0.1, 0.15) is 0 Å². The van der Waals surface area contributed by atoms with Crippen molar-refractivity contribution < 1.29 is 0 Å². The van der Waals surface area contributed by atoms with Crippen LogP contribution in [0.15, 0.2) is 0 Å². The molecule has 0 N–H and O–H groups in total. The summed E-state index contributed by atoms with van der Waals surface area (Å²) in [5.41, 5.74) is 0.770. The van der Waals surface area contributed by atoms with E-state index in [1.807, 2.05) is 0 Å². The van der Waals surface area contributed by atoms with Crippen molar-refractivity contribution in [2.24, 2.45) is 0 Å². The van der Waals surface area contributed by atoms with Crippen LogP contribution in [0.2, 0.25) is 0 Å². The Balaban J connectivity index is 2.49. The number of hydrogen-bond acceptors (Lipinski definition) is 3. The van der Waals surface area contributed by atoms with Gasteiger partial charge in [-0.15, -0.1) is 0 Å². The lowest BCUT2D eigenvalue weighted by atomic mass is 9.96. The highest BCUT2D eigenvalue weighted by Crippen LogP contribution is 2.24. The predicted octanol–water partition coefficient (Wildman–Crippen LogP) is 3.30. The Bertz CT molecular complexity index is 295. The maximum Gasteiger partial charge on any atom is 0.0130 e. The molecular formula is C18H39N3. The molecule has 0 aromatic heterocycles. The van der Waals surface area contributed by atoms with Crippen molar-refractivity contribution in [2.75, 3.05) is 39.3 Å². The smallest absolute Gasteiger partial charge is 0.0130 e. The van der Waals surface area contributed by atoms with Gasteiger partial charge in [0, 0.05) is 55.9 Å². The fourth-order valence-electron chi connectivity index (χ4n) is 3.56. The van der Waals surface area contributed by atoms with Gasteiger partial charge < -0.3 is 0 Å². The van der Waals surface area contributed by atoms with Crippen LogP contribution in [-0.2, 0) is 0 Å². The lowest BCUT2D eigenvalue weighted by Crippen LogP contribution is -2.57. The normalized spacial score (nSPS) is 20.3. The van der Waals surface area contributed by atoms with E-state index >= 15 is 0 Å². The van der Waals surface area contributed by atoms with Gasteiger partial charge in [-0.2, -0.15) is 0 Å². The average Bonchev–Trinajstić information content (AvgIpc) is 2.24. The van der Waals surface area contributed by atoms with E-state index in [1.54, 1.807) is 0 Å². The first kappa shape index (κ1) is 18.9. The zero-order chi connectivity index (χ0) is 16.5. The minimum absolute atomic E-state index is 0.228. The van der Waals surface area contributed by atoms with E-state index in [0.29, 0.717) is 5.54 Å². The third kappa shape index (κ3) is 5.88. The van der Waals surface area contributed by atoms with E-state index in [2.05, 4.69) is 77.0 Å². The predicted molar refractivity (Wildman–Crippen MR) is 94.0 cm³/mol. The molecule has 0 aliphatic carbocycles. The molecule has 1 aliphatic rings. The second-order valence-electron chi connectivity index (χ2n) is 9.49. The molecule has 0 bridgehead atoms. The molecular weight excluding hydrogens is 258 g/mol. The first-order valence-corrected chi connectivity index (χ1v) is 8.57. The number of nitrogens with zero attached hydrogens (tertiary/aromatic N) is 3. The minimum atomic E-state index is 0.228. The molecule has 3 heteroatoms. The summed E-state index contributed by atoms with van der Waals surface area (Å²) in [5.74, 6) is 0. The molecule has 1 fully saturated rings. The van der Waals surface area contributed by atoms with Gasteiger partial charge in [-0.3, -0.25) is 14.7 Å². The molecule has 0 atom stereocenters. The summed E-state index contributed by atoms with van der Waals surface area (Å²) in [6.45, 7) is 28.1. The molecule has 3 nitrogen and oxygen atoms in total. The van der Waals surface area contributed by atoms with Crippen LogP contribution in [0.1, 0.15) is 62.3 Å². The van der Waals surface area contributed by atoms with E-state index in [1.165, 1.54) is 32.7 Å². The lowest BCUT2D eigenvalue weighted by Gasteiger charge is -2.47. The van der Waals surface area contributed by atoms with Gasteiger partial charge in [-0.25, -0.2) is 0 Å². The molecule has 0 saturated carbocycles. The van der Waals surface area contributed by atoms with Crippen molar-refractivity contribution in [3.05, 3.63) is 0 Å². The summed E-state index contributed by atoms with van der Waals surface area (Å²) in [6, 6.07) is 0. The molecule has 0 amide bonds. The summed E-state index contributed by atoms with van der Waals surface area (Å²) in [6.07, 6.45) is 0. The van der Waals surface area contributed by atoms with Crippen LogP contribution in [0.25, 0.3) is 0 Å². The van der Waals surface area contributed by atoms with Gasteiger partial charge in [0.15, 0.2) is 0 Å². The molecule has 0 radical (unpaired) electrons. The number of piperazine rings is 1. The van der Waals surface area contributed by atoms with Crippen LogP contribution in [0.4, 0.5) is 0 Å². The standard InChI is InChI=1S/C18H39N3/c1-16(2,3)20-13-10-19(11-14-20)12-15-21(17(4,5)6)18(7,8)9/h10-15H2,1-9H3.